The molecule has 0 heterocycles. The van der Waals surface area contributed by atoms with Gasteiger partial charge in [-0.3, -0.25) is 0 Å². The zero-order valence-corrected chi connectivity index (χ0v) is 12.3. The summed E-state index contributed by atoms with van der Waals surface area (Å²) < 4.78 is 26.9. The van der Waals surface area contributed by atoms with Crippen LogP contribution in [-0.2, 0) is 10.0 Å². The predicted octanol–water partition coefficient (Wildman–Crippen LogP) is 1.42. The van der Waals surface area contributed by atoms with Crippen molar-refractivity contribution in [3.63, 3.8) is 0 Å². The van der Waals surface area contributed by atoms with E-state index >= 15 is 0 Å². The number of aryl methyl sites for hydroxylation is 1. The first-order valence-electron chi connectivity index (χ1n) is 6.73. The standard InChI is InChI=1S/C15H19NO3S/c1-12-11-15(7-6-14(12)3-2-10-17)20(18,19)16-9-8-13-4-5-13/h6-7,11,13,16-17H,4-5,8-10H2,1H3. The first kappa shape index (κ1) is 15.0. The van der Waals surface area contributed by atoms with Gasteiger partial charge in [-0.25, -0.2) is 13.1 Å². The molecule has 0 bridgehead atoms. The highest BCUT2D eigenvalue weighted by molar-refractivity contribution is 7.89. The predicted molar refractivity (Wildman–Crippen MR) is 77.7 cm³/mol. The van der Waals surface area contributed by atoms with Crippen LogP contribution in [0.3, 0.4) is 0 Å². The molecule has 108 valence electrons. The molecule has 2 rings (SSSR count). The van der Waals surface area contributed by atoms with Gasteiger partial charge in [0.05, 0.1) is 4.90 Å². The SMILES string of the molecule is Cc1cc(S(=O)(=O)NCCC2CC2)ccc1C#CCO. The lowest BCUT2D eigenvalue weighted by atomic mass is 10.1. The largest absolute Gasteiger partial charge is 0.384 e. The van der Waals surface area contributed by atoms with E-state index in [1.165, 1.54) is 12.8 Å². The second kappa shape index (κ2) is 6.40. The van der Waals surface area contributed by atoms with Crippen LogP contribution >= 0.6 is 0 Å². The molecule has 1 fully saturated rings. The normalized spacial score (nSPS) is 14.7. The molecule has 2 N–H and O–H groups in total. The molecule has 1 aliphatic carbocycles. The maximum atomic E-state index is 12.1. The Morgan fingerprint density at radius 2 is 2.15 bits per heavy atom. The third kappa shape index (κ3) is 4.07. The van der Waals surface area contributed by atoms with E-state index in [1.807, 2.05) is 6.92 Å². The van der Waals surface area contributed by atoms with Gasteiger partial charge in [0.2, 0.25) is 10.0 Å². The van der Waals surface area contributed by atoms with Crippen molar-refractivity contribution in [1.29, 1.82) is 0 Å². The van der Waals surface area contributed by atoms with E-state index in [0.717, 1.165) is 17.5 Å². The minimum absolute atomic E-state index is 0.206. The average molecular weight is 293 g/mol. The molecule has 0 amide bonds. The third-order valence-corrected chi connectivity index (χ3v) is 4.81. The van der Waals surface area contributed by atoms with Gasteiger partial charge in [-0.2, -0.15) is 0 Å². The Morgan fingerprint density at radius 3 is 2.75 bits per heavy atom. The number of hydrogen-bond donors (Lipinski definition) is 2. The highest BCUT2D eigenvalue weighted by Gasteiger charge is 2.22. The number of rotatable bonds is 5. The monoisotopic (exact) mass is 293 g/mol. The maximum absolute atomic E-state index is 12.1. The first-order valence-corrected chi connectivity index (χ1v) is 8.21. The zero-order chi connectivity index (χ0) is 14.6. The fraction of sp³-hybridized carbons (Fsp3) is 0.467. The number of benzene rings is 1. The first-order chi connectivity index (χ1) is 9.53. The van der Waals surface area contributed by atoms with E-state index in [1.54, 1.807) is 18.2 Å². The smallest absolute Gasteiger partial charge is 0.240 e. The van der Waals surface area contributed by atoms with Crippen LogP contribution in [0, 0.1) is 24.7 Å². The average Bonchev–Trinajstić information content (AvgIpc) is 3.21. The zero-order valence-electron chi connectivity index (χ0n) is 11.5. The van der Waals surface area contributed by atoms with Gasteiger partial charge in [0.1, 0.15) is 6.61 Å². The van der Waals surface area contributed by atoms with Crippen molar-refractivity contribution in [2.45, 2.75) is 31.1 Å². The van der Waals surface area contributed by atoms with E-state index in [4.69, 9.17) is 5.11 Å². The topological polar surface area (TPSA) is 66.4 Å². The summed E-state index contributed by atoms with van der Waals surface area (Å²) in [6, 6.07) is 4.84. The molecule has 0 radical (unpaired) electrons. The summed E-state index contributed by atoms with van der Waals surface area (Å²) in [6.45, 7) is 2.10. The van der Waals surface area contributed by atoms with E-state index in [-0.39, 0.29) is 11.5 Å². The molecule has 0 aromatic heterocycles. The summed E-state index contributed by atoms with van der Waals surface area (Å²) in [7, 11) is -3.44. The minimum Gasteiger partial charge on any atom is -0.384 e. The van der Waals surface area contributed by atoms with E-state index in [0.29, 0.717) is 12.5 Å². The fourth-order valence-corrected chi connectivity index (χ4v) is 3.10. The lowest BCUT2D eigenvalue weighted by molar-refractivity contribution is 0.350. The quantitative estimate of drug-likeness (QED) is 0.807. The molecule has 0 atom stereocenters. The molecule has 0 unspecified atom stereocenters. The molecular weight excluding hydrogens is 274 g/mol. The van der Waals surface area contributed by atoms with E-state index in [2.05, 4.69) is 16.6 Å². The number of sulfonamides is 1. The molecule has 5 heteroatoms. The molecule has 1 aliphatic rings. The summed E-state index contributed by atoms with van der Waals surface area (Å²) in [4.78, 5) is 0.264. The second-order valence-corrected chi connectivity index (χ2v) is 6.83. The Labute approximate surface area is 120 Å². The summed E-state index contributed by atoms with van der Waals surface area (Å²) in [5.41, 5.74) is 1.52. The number of aliphatic hydroxyl groups is 1. The van der Waals surface area contributed by atoms with Crippen molar-refractivity contribution in [2.24, 2.45) is 5.92 Å². The molecule has 20 heavy (non-hydrogen) atoms. The summed E-state index contributed by atoms with van der Waals surface area (Å²) >= 11 is 0. The van der Waals surface area contributed by atoms with Crippen LogP contribution in [0.5, 0.6) is 0 Å². The van der Waals surface area contributed by atoms with E-state index < -0.39 is 10.0 Å². The Hall–Kier alpha value is -1.35. The second-order valence-electron chi connectivity index (χ2n) is 5.07. The Kier molecular flexibility index (Phi) is 4.81. The van der Waals surface area contributed by atoms with Crippen molar-refractivity contribution < 1.29 is 13.5 Å². The van der Waals surface area contributed by atoms with Gasteiger partial charge in [-0.15, -0.1) is 0 Å². The van der Waals surface area contributed by atoms with Crippen LogP contribution in [0.1, 0.15) is 30.4 Å². The van der Waals surface area contributed by atoms with Crippen LogP contribution in [0.25, 0.3) is 0 Å². The maximum Gasteiger partial charge on any atom is 0.240 e. The van der Waals surface area contributed by atoms with Crippen molar-refractivity contribution in [3.8, 4) is 11.8 Å². The molecule has 0 aliphatic heterocycles. The van der Waals surface area contributed by atoms with Crippen LogP contribution < -0.4 is 4.72 Å². The highest BCUT2D eigenvalue weighted by Crippen LogP contribution is 2.31. The molecule has 4 nitrogen and oxygen atoms in total. The minimum atomic E-state index is -3.44. The van der Waals surface area contributed by atoms with Crippen molar-refractivity contribution >= 4 is 10.0 Å². The Bertz CT molecular complexity index is 637. The molecule has 1 saturated carbocycles. The van der Waals surface area contributed by atoms with Crippen LogP contribution in [0.4, 0.5) is 0 Å². The lowest BCUT2D eigenvalue weighted by Gasteiger charge is -2.08. The van der Waals surface area contributed by atoms with Crippen molar-refractivity contribution in [2.75, 3.05) is 13.2 Å². The lowest BCUT2D eigenvalue weighted by Crippen LogP contribution is -2.25. The summed E-state index contributed by atoms with van der Waals surface area (Å²) in [5.74, 6) is 6.05. The summed E-state index contributed by atoms with van der Waals surface area (Å²) in [5, 5.41) is 8.67. The van der Waals surface area contributed by atoms with Gasteiger partial charge in [0.15, 0.2) is 0 Å². The van der Waals surface area contributed by atoms with Crippen molar-refractivity contribution in [1.82, 2.24) is 4.72 Å². The summed E-state index contributed by atoms with van der Waals surface area (Å²) in [6.07, 6.45) is 3.36. The molecule has 0 spiro atoms. The highest BCUT2D eigenvalue weighted by atomic mass is 32.2. The number of nitrogens with one attached hydrogen (secondary N) is 1. The van der Waals surface area contributed by atoms with Crippen molar-refractivity contribution in [3.05, 3.63) is 29.3 Å². The van der Waals surface area contributed by atoms with Crippen LogP contribution in [0.2, 0.25) is 0 Å². The van der Waals surface area contributed by atoms with Crippen LogP contribution in [0.15, 0.2) is 23.1 Å². The number of hydrogen-bond acceptors (Lipinski definition) is 3. The third-order valence-electron chi connectivity index (χ3n) is 3.35. The molecular formula is C15H19NO3S. The Morgan fingerprint density at radius 1 is 1.40 bits per heavy atom. The van der Waals surface area contributed by atoms with Gasteiger partial charge in [0.25, 0.3) is 0 Å². The molecule has 1 aromatic rings. The Balaban J connectivity index is 2.08. The fourth-order valence-electron chi connectivity index (χ4n) is 1.97. The van der Waals surface area contributed by atoms with Gasteiger partial charge in [-0.1, -0.05) is 24.7 Å². The molecule has 1 aromatic carbocycles. The van der Waals surface area contributed by atoms with Gasteiger partial charge in [-0.05, 0) is 43.0 Å². The molecule has 0 saturated heterocycles. The number of aliphatic hydroxyl groups excluding tert-OH is 1. The van der Waals surface area contributed by atoms with Gasteiger partial charge < -0.3 is 5.11 Å². The van der Waals surface area contributed by atoms with Crippen LogP contribution in [-0.4, -0.2) is 26.7 Å². The van der Waals surface area contributed by atoms with E-state index in [9.17, 15) is 8.42 Å². The van der Waals surface area contributed by atoms with Gasteiger partial charge >= 0.3 is 0 Å². The van der Waals surface area contributed by atoms with Gasteiger partial charge in [0, 0.05) is 12.1 Å².